The Morgan fingerprint density at radius 1 is 1.26 bits per heavy atom. The molecule has 0 aromatic carbocycles. The van der Waals surface area contributed by atoms with Gasteiger partial charge in [-0.1, -0.05) is 12.2 Å². The van der Waals surface area contributed by atoms with Gasteiger partial charge in [0.25, 0.3) is 0 Å². The normalized spacial score (nSPS) is 10.5. The lowest BCUT2D eigenvalue weighted by Crippen LogP contribution is -2.16. The minimum atomic E-state index is 0.339. The number of hydrogen-bond acceptors (Lipinski definition) is 4. The summed E-state index contributed by atoms with van der Waals surface area (Å²) in [4.78, 5) is 4.73. The van der Waals surface area contributed by atoms with Crippen LogP contribution in [0, 0.1) is 20.8 Å². The molecule has 0 aliphatic heterocycles. The minimum Gasteiger partial charge on any atom is -0.389 e. The number of pyridine rings is 1. The summed E-state index contributed by atoms with van der Waals surface area (Å²) >= 11 is 5.11. The summed E-state index contributed by atoms with van der Waals surface area (Å²) in [5, 5.41) is 7.62. The van der Waals surface area contributed by atoms with E-state index in [1.165, 1.54) is 0 Å². The molecule has 2 aromatic rings. The lowest BCUT2D eigenvalue weighted by Gasteiger charge is -2.14. The van der Waals surface area contributed by atoms with Gasteiger partial charge in [0.1, 0.15) is 10.8 Å². The molecule has 0 aliphatic carbocycles. The van der Waals surface area contributed by atoms with Crippen LogP contribution in [-0.2, 0) is 7.05 Å². The highest BCUT2D eigenvalue weighted by Crippen LogP contribution is 2.24. The molecule has 0 saturated heterocycles. The smallest absolute Gasteiger partial charge is 0.128 e. The molecule has 2 heterocycles. The van der Waals surface area contributed by atoms with Crippen molar-refractivity contribution < 1.29 is 0 Å². The lowest BCUT2D eigenvalue weighted by atomic mass is 10.1. The molecule has 6 heteroatoms. The van der Waals surface area contributed by atoms with Gasteiger partial charge in [0, 0.05) is 24.5 Å². The molecule has 5 nitrogen and oxygen atoms in total. The molecule has 19 heavy (non-hydrogen) atoms. The molecule has 0 saturated carbocycles. The van der Waals surface area contributed by atoms with E-state index in [0.717, 1.165) is 34.2 Å². The Kier molecular flexibility index (Phi) is 3.53. The van der Waals surface area contributed by atoms with Gasteiger partial charge in [0.05, 0.1) is 16.9 Å². The molecule has 0 amide bonds. The van der Waals surface area contributed by atoms with E-state index >= 15 is 0 Å². The molecular weight excluding hydrogens is 258 g/mol. The molecule has 0 spiro atoms. The van der Waals surface area contributed by atoms with E-state index in [-0.39, 0.29) is 0 Å². The van der Waals surface area contributed by atoms with Crippen molar-refractivity contribution in [3.05, 3.63) is 34.8 Å². The molecule has 2 rings (SSSR count). The molecule has 2 aromatic heterocycles. The zero-order valence-corrected chi connectivity index (χ0v) is 12.3. The van der Waals surface area contributed by atoms with Crippen molar-refractivity contribution in [2.75, 3.05) is 5.32 Å². The summed E-state index contributed by atoms with van der Waals surface area (Å²) in [5.74, 6) is 0.889. The van der Waals surface area contributed by atoms with Crippen LogP contribution in [0.2, 0.25) is 0 Å². The predicted octanol–water partition coefficient (Wildman–Crippen LogP) is 2.12. The van der Waals surface area contributed by atoms with Crippen LogP contribution in [0.4, 0.5) is 11.5 Å². The van der Waals surface area contributed by atoms with Gasteiger partial charge in [0.15, 0.2) is 0 Å². The van der Waals surface area contributed by atoms with Crippen molar-refractivity contribution in [3.63, 3.8) is 0 Å². The number of aryl methyl sites for hydroxylation is 4. The maximum absolute atomic E-state index is 5.79. The van der Waals surface area contributed by atoms with Gasteiger partial charge in [-0.2, -0.15) is 5.10 Å². The van der Waals surface area contributed by atoms with Crippen molar-refractivity contribution in [2.24, 2.45) is 12.8 Å². The van der Waals surface area contributed by atoms with Crippen LogP contribution in [0.15, 0.2) is 12.1 Å². The molecule has 100 valence electrons. The second-order valence-electron chi connectivity index (χ2n) is 4.56. The van der Waals surface area contributed by atoms with E-state index in [4.69, 9.17) is 18.0 Å². The van der Waals surface area contributed by atoms with Gasteiger partial charge in [-0.15, -0.1) is 0 Å². The maximum atomic E-state index is 5.79. The Hall–Kier alpha value is -1.95. The summed E-state index contributed by atoms with van der Waals surface area (Å²) < 4.78 is 1.78. The number of thiocarbonyl (C=S) groups is 1. The summed E-state index contributed by atoms with van der Waals surface area (Å²) in [6, 6.07) is 3.90. The first-order chi connectivity index (χ1) is 8.88. The third kappa shape index (κ3) is 2.73. The number of rotatable bonds is 3. The fourth-order valence-electron chi connectivity index (χ4n) is 2.10. The van der Waals surface area contributed by atoms with Gasteiger partial charge in [-0.3, -0.25) is 9.67 Å². The average molecular weight is 275 g/mol. The minimum absolute atomic E-state index is 0.339. The van der Waals surface area contributed by atoms with E-state index in [1.54, 1.807) is 4.68 Å². The summed E-state index contributed by atoms with van der Waals surface area (Å²) in [7, 11) is 1.89. The largest absolute Gasteiger partial charge is 0.389 e. The van der Waals surface area contributed by atoms with Crippen LogP contribution in [0.5, 0.6) is 0 Å². The number of nitrogens with zero attached hydrogens (tertiary/aromatic N) is 3. The van der Waals surface area contributed by atoms with Gasteiger partial charge >= 0.3 is 0 Å². The van der Waals surface area contributed by atoms with Gasteiger partial charge in [-0.25, -0.2) is 0 Å². The van der Waals surface area contributed by atoms with Crippen LogP contribution >= 0.6 is 12.2 Å². The van der Waals surface area contributed by atoms with Crippen LogP contribution in [0.25, 0.3) is 0 Å². The molecule has 0 unspecified atom stereocenters. The number of nitrogens with one attached hydrogen (secondary N) is 1. The Balaban J connectivity index is 2.50. The summed E-state index contributed by atoms with van der Waals surface area (Å²) in [6.45, 7) is 5.79. The fraction of sp³-hybridized carbons (Fsp3) is 0.308. The zero-order valence-electron chi connectivity index (χ0n) is 11.5. The monoisotopic (exact) mass is 275 g/mol. The van der Waals surface area contributed by atoms with Crippen LogP contribution < -0.4 is 11.1 Å². The van der Waals surface area contributed by atoms with Crippen molar-refractivity contribution in [2.45, 2.75) is 20.8 Å². The number of anilines is 2. The van der Waals surface area contributed by atoms with Crippen molar-refractivity contribution in [1.82, 2.24) is 14.8 Å². The average Bonchev–Trinajstić information content (AvgIpc) is 2.55. The third-order valence-corrected chi connectivity index (χ3v) is 3.04. The first kappa shape index (κ1) is 13.5. The highest BCUT2D eigenvalue weighted by molar-refractivity contribution is 7.80. The standard InChI is InChI=1S/C13H17N5S/c1-7-5-10(12(13(14)19)9(3)15-7)16-11-6-8(2)17-18(11)4/h5-6H,1-4H3,(H2,14,19)(H,15,16). The Morgan fingerprint density at radius 2 is 1.95 bits per heavy atom. The molecule has 0 fully saturated rings. The van der Waals surface area contributed by atoms with E-state index < -0.39 is 0 Å². The first-order valence-corrected chi connectivity index (χ1v) is 6.35. The Labute approximate surface area is 117 Å². The predicted molar refractivity (Wildman–Crippen MR) is 80.8 cm³/mol. The van der Waals surface area contributed by atoms with E-state index in [0.29, 0.717) is 4.99 Å². The molecule has 0 radical (unpaired) electrons. The quantitative estimate of drug-likeness (QED) is 0.840. The summed E-state index contributed by atoms with van der Waals surface area (Å²) in [5.41, 5.74) is 10.1. The third-order valence-electron chi connectivity index (χ3n) is 2.84. The molecule has 0 atom stereocenters. The molecule has 0 aliphatic rings. The SMILES string of the molecule is Cc1cc(Nc2cc(C)nn2C)c(C(N)=S)c(C)n1. The van der Waals surface area contributed by atoms with Crippen molar-refractivity contribution >= 4 is 28.7 Å². The first-order valence-electron chi connectivity index (χ1n) is 5.94. The Morgan fingerprint density at radius 3 is 2.47 bits per heavy atom. The number of hydrogen-bond donors (Lipinski definition) is 2. The van der Waals surface area contributed by atoms with E-state index in [2.05, 4.69) is 15.4 Å². The lowest BCUT2D eigenvalue weighted by molar-refractivity contribution is 0.765. The van der Waals surface area contributed by atoms with Gasteiger partial charge in [0.2, 0.25) is 0 Å². The van der Waals surface area contributed by atoms with E-state index in [9.17, 15) is 0 Å². The highest BCUT2D eigenvalue weighted by atomic mass is 32.1. The van der Waals surface area contributed by atoms with Crippen LogP contribution in [-0.4, -0.2) is 19.8 Å². The van der Waals surface area contributed by atoms with Crippen molar-refractivity contribution in [1.29, 1.82) is 0 Å². The van der Waals surface area contributed by atoms with Gasteiger partial charge in [-0.05, 0) is 26.8 Å². The summed E-state index contributed by atoms with van der Waals surface area (Å²) in [6.07, 6.45) is 0. The van der Waals surface area contributed by atoms with Gasteiger partial charge < -0.3 is 11.1 Å². The topological polar surface area (TPSA) is 68.8 Å². The Bertz CT molecular complexity index is 645. The van der Waals surface area contributed by atoms with Crippen LogP contribution in [0.1, 0.15) is 22.6 Å². The second-order valence-corrected chi connectivity index (χ2v) is 5.00. The van der Waals surface area contributed by atoms with Crippen LogP contribution in [0.3, 0.4) is 0 Å². The number of nitrogens with two attached hydrogens (primary N) is 1. The fourth-order valence-corrected chi connectivity index (χ4v) is 2.36. The molecule has 0 bridgehead atoms. The maximum Gasteiger partial charge on any atom is 0.128 e. The number of aromatic nitrogens is 3. The molecule has 3 N–H and O–H groups in total. The second kappa shape index (κ2) is 4.97. The zero-order chi connectivity index (χ0) is 14.2. The van der Waals surface area contributed by atoms with E-state index in [1.807, 2.05) is 40.0 Å². The highest BCUT2D eigenvalue weighted by Gasteiger charge is 2.12. The molecular formula is C13H17N5S. The van der Waals surface area contributed by atoms with Crippen molar-refractivity contribution in [3.8, 4) is 0 Å².